The minimum atomic E-state index is -0.0401. The Bertz CT molecular complexity index is 413. The van der Waals surface area contributed by atoms with E-state index in [0.29, 0.717) is 17.0 Å². The Labute approximate surface area is 94.6 Å². The largest absolute Gasteiger partial charge is 0.486 e. The van der Waals surface area contributed by atoms with E-state index in [9.17, 15) is 9.59 Å². The van der Waals surface area contributed by atoms with Crippen LogP contribution >= 0.6 is 0 Å². The van der Waals surface area contributed by atoms with Crippen LogP contribution in [0.4, 0.5) is 5.69 Å². The second kappa shape index (κ2) is 5.30. The van der Waals surface area contributed by atoms with Crippen molar-refractivity contribution < 1.29 is 14.3 Å². The molecule has 0 spiro atoms. The summed E-state index contributed by atoms with van der Waals surface area (Å²) in [4.78, 5) is 22.0. The van der Waals surface area contributed by atoms with Gasteiger partial charge in [-0.1, -0.05) is 0 Å². The van der Waals surface area contributed by atoms with Crippen LogP contribution in [0.15, 0.2) is 18.2 Å². The number of hydrogen-bond donors (Lipinski definition) is 1. The molecule has 0 saturated heterocycles. The highest BCUT2D eigenvalue weighted by Gasteiger charge is 2.07. The predicted molar refractivity (Wildman–Crippen MR) is 62.2 cm³/mol. The fraction of sp³-hybridized carbons (Fsp3) is 0.333. The molecule has 0 fully saturated rings. The van der Waals surface area contributed by atoms with E-state index in [-0.39, 0.29) is 18.2 Å². The predicted octanol–water partition coefficient (Wildman–Crippen LogP) is 1.90. The summed E-state index contributed by atoms with van der Waals surface area (Å²) in [6, 6.07) is 5.07. The van der Waals surface area contributed by atoms with Gasteiger partial charge in [0.15, 0.2) is 11.6 Å². The van der Waals surface area contributed by atoms with E-state index < -0.39 is 0 Å². The normalized spacial score (nSPS) is 9.69. The molecule has 16 heavy (non-hydrogen) atoms. The molecule has 0 aliphatic carbocycles. The maximum Gasteiger partial charge on any atom is 0.167 e. The molecule has 0 amide bonds. The smallest absolute Gasteiger partial charge is 0.167 e. The van der Waals surface area contributed by atoms with E-state index in [0.717, 1.165) is 0 Å². The highest BCUT2D eigenvalue weighted by Crippen LogP contribution is 2.22. The number of benzene rings is 1. The van der Waals surface area contributed by atoms with Crippen LogP contribution in [0.2, 0.25) is 0 Å². The second-order valence-corrected chi connectivity index (χ2v) is 3.50. The lowest BCUT2D eigenvalue weighted by Gasteiger charge is -2.09. The van der Waals surface area contributed by atoms with Gasteiger partial charge in [0.2, 0.25) is 0 Å². The topological polar surface area (TPSA) is 55.4 Å². The highest BCUT2D eigenvalue weighted by atomic mass is 16.5. The summed E-state index contributed by atoms with van der Waals surface area (Å²) in [5.41, 5.74) is 1.31. The summed E-state index contributed by atoms with van der Waals surface area (Å²) in [7, 11) is 1.73. The number of hydrogen-bond acceptors (Lipinski definition) is 4. The van der Waals surface area contributed by atoms with Crippen molar-refractivity contribution in [3.05, 3.63) is 23.8 Å². The van der Waals surface area contributed by atoms with Crippen LogP contribution in [0.5, 0.6) is 5.75 Å². The molecule has 0 heterocycles. The van der Waals surface area contributed by atoms with E-state index in [2.05, 4.69) is 5.32 Å². The number of rotatable bonds is 5. The quantitative estimate of drug-likeness (QED) is 0.771. The molecular formula is C12H15NO3. The van der Waals surface area contributed by atoms with Crippen molar-refractivity contribution in [2.45, 2.75) is 13.8 Å². The maximum absolute atomic E-state index is 11.3. The average molecular weight is 221 g/mol. The fourth-order valence-corrected chi connectivity index (χ4v) is 1.31. The average Bonchev–Trinajstić information content (AvgIpc) is 2.25. The van der Waals surface area contributed by atoms with Crippen LogP contribution in [-0.4, -0.2) is 25.2 Å². The van der Waals surface area contributed by atoms with E-state index >= 15 is 0 Å². The Morgan fingerprint density at radius 2 is 2.00 bits per heavy atom. The molecule has 0 saturated carbocycles. The van der Waals surface area contributed by atoms with Crippen molar-refractivity contribution in [2.75, 3.05) is 19.0 Å². The lowest BCUT2D eigenvalue weighted by Crippen LogP contribution is -2.07. The van der Waals surface area contributed by atoms with Gasteiger partial charge in [0.25, 0.3) is 0 Å². The van der Waals surface area contributed by atoms with Gasteiger partial charge in [0, 0.05) is 24.4 Å². The molecule has 4 heteroatoms. The molecule has 0 aromatic heterocycles. The molecule has 0 bridgehead atoms. The minimum absolute atomic E-state index is 0.0116. The van der Waals surface area contributed by atoms with Crippen molar-refractivity contribution in [1.82, 2.24) is 0 Å². The Kier molecular flexibility index (Phi) is 4.05. The highest BCUT2D eigenvalue weighted by molar-refractivity contribution is 5.99. The second-order valence-electron chi connectivity index (χ2n) is 3.50. The van der Waals surface area contributed by atoms with E-state index in [1.807, 2.05) is 0 Å². The monoisotopic (exact) mass is 221 g/mol. The first-order valence-electron chi connectivity index (χ1n) is 4.99. The maximum atomic E-state index is 11.3. The van der Waals surface area contributed by atoms with Crippen molar-refractivity contribution in [2.24, 2.45) is 0 Å². The first-order chi connectivity index (χ1) is 7.54. The third-order valence-corrected chi connectivity index (χ3v) is 2.08. The van der Waals surface area contributed by atoms with Gasteiger partial charge >= 0.3 is 0 Å². The first kappa shape index (κ1) is 12.2. The number of ether oxygens (including phenoxy) is 1. The number of nitrogens with one attached hydrogen (secondary N) is 1. The third kappa shape index (κ3) is 3.08. The van der Waals surface area contributed by atoms with Crippen molar-refractivity contribution in [1.29, 1.82) is 0 Å². The summed E-state index contributed by atoms with van der Waals surface area (Å²) < 4.78 is 5.24. The van der Waals surface area contributed by atoms with Gasteiger partial charge in [-0.15, -0.1) is 0 Å². The van der Waals surface area contributed by atoms with Crippen LogP contribution < -0.4 is 10.1 Å². The Morgan fingerprint density at radius 3 is 2.50 bits per heavy atom. The first-order valence-corrected chi connectivity index (χ1v) is 4.99. The van der Waals surface area contributed by atoms with Gasteiger partial charge in [0.05, 0.1) is 0 Å². The van der Waals surface area contributed by atoms with Crippen LogP contribution in [0.3, 0.4) is 0 Å². The van der Waals surface area contributed by atoms with Crippen molar-refractivity contribution in [3.8, 4) is 5.75 Å². The number of anilines is 1. The van der Waals surface area contributed by atoms with Crippen LogP contribution in [0.1, 0.15) is 24.2 Å². The van der Waals surface area contributed by atoms with Crippen LogP contribution in [-0.2, 0) is 4.79 Å². The van der Waals surface area contributed by atoms with Crippen molar-refractivity contribution >= 4 is 17.3 Å². The molecule has 4 nitrogen and oxygen atoms in total. The minimum Gasteiger partial charge on any atom is -0.486 e. The molecule has 0 atom stereocenters. The molecule has 1 aromatic rings. The zero-order valence-electron chi connectivity index (χ0n) is 9.66. The molecule has 1 rings (SSSR count). The fourth-order valence-electron chi connectivity index (χ4n) is 1.31. The van der Waals surface area contributed by atoms with E-state index in [4.69, 9.17) is 4.74 Å². The number of carbonyl (C=O) groups is 2. The molecule has 0 radical (unpaired) electrons. The van der Waals surface area contributed by atoms with Gasteiger partial charge in [-0.05, 0) is 26.0 Å². The van der Waals surface area contributed by atoms with Gasteiger partial charge in [-0.2, -0.15) is 0 Å². The lowest BCUT2D eigenvalue weighted by molar-refractivity contribution is -0.118. The number of carbonyl (C=O) groups excluding carboxylic acids is 2. The number of Topliss-reactive ketones (excluding diaryl/α,β-unsaturated/α-hetero) is 2. The van der Waals surface area contributed by atoms with Crippen molar-refractivity contribution in [3.63, 3.8) is 0 Å². The molecule has 0 aliphatic heterocycles. The van der Waals surface area contributed by atoms with Gasteiger partial charge in [-0.25, -0.2) is 0 Å². The molecule has 0 aliphatic rings. The summed E-state index contributed by atoms with van der Waals surface area (Å²) >= 11 is 0. The SMILES string of the molecule is CNc1cc(OCC(C)=O)ccc1C(C)=O. The van der Waals surface area contributed by atoms with E-state index in [1.165, 1.54) is 13.8 Å². The van der Waals surface area contributed by atoms with Gasteiger partial charge in [0.1, 0.15) is 12.4 Å². The molecule has 1 aromatic carbocycles. The summed E-state index contributed by atoms with van der Waals surface area (Å²) in [5, 5.41) is 2.92. The molecule has 1 N–H and O–H groups in total. The Morgan fingerprint density at radius 1 is 1.31 bits per heavy atom. The number of ketones is 2. The zero-order valence-corrected chi connectivity index (χ0v) is 9.66. The summed E-state index contributed by atoms with van der Waals surface area (Å²) in [6.07, 6.45) is 0. The summed E-state index contributed by atoms with van der Waals surface area (Å²) in [5.74, 6) is 0.522. The third-order valence-electron chi connectivity index (χ3n) is 2.08. The Balaban J connectivity index is 2.90. The van der Waals surface area contributed by atoms with Gasteiger partial charge in [-0.3, -0.25) is 9.59 Å². The molecule has 0 unspecified atom stereocenters. The zero-order chi connectivity index (χ0) is 12.1. The lowest BCUT2D eigenvalue weighted by atomic mass is 10.1. The van der Waals surface area contributed by atoms with Crippen LogP contribution in [0, 0.1) is 0 Å². The molecule has 86 valence electrons. The Hall–Kier alpha value is -1.84. The van der Waals surface area contributed by atoms with E-state index in [1.54, 1.807) is 25.2 Å². The molecular weight excluding hydrogens is 206 g/mol. The van der Waals surface area contributed by atoms with Gasteiger partial charge < -0.3 is 10.1 Å². The summed E-state index contributed by atoms with van der Waals surface area (Å²) in [6.45, 7) is 3.01. The van der Waals surface area contributed by atoms with Crippen LogP contribution in [0.25, 0.3) is 0 Å². The standard InChI is InChI=1S/C12H15NO3/c1-8(14)7-16-10-4-5-11(9(2)15)12(6-10)13-3/h4-6,13H,7H2,1-3H3.